The summed E-state index contributed by atoms with van der Waals surface area (Å²) in [6.07, 6.45) is 0. The monoisotopic (exact) mass is 500 g/mol. The molecule has 4 rings (SSSR count). The van der Waals surface area contributed by atoms with Crippen molar-refractivity contribution < 1.29 is 23.8 Å². The van der Waals surface area contributed by atoms with Crippen molar-refractivity contribution in [2.75, 3.05) is 51.9 Å². The molecule has 2 aliphatic heterocycles. The molecular weight excluding hydrogens is 472 g/mol. The number of hydrogen-bond donors (Lipinski definition) is 1. The van der Waals surface area contributed by atoms with Gasteiger partial charge in [0, 0.05) is 48.5 Å². The van der Waals surface area contributed by atoms with E-state index in [1.54, 1.807) is 32.2 Å². The van der Waals surface area contributed by atoms with Gasteiger partial charge in [0.1, 0.15) is 17.5 Å². The number of halogens is 1. The lowest BCUT2D eigenvalue weighted by atomic mass is 9.90. The van der Waals surface area contributed by atoms with Gasteiger partial charge in [-0.25, -0.2) is 4.99 Å². The second-order valence-electron chi connectivity index (χ2n) is 8.18. The second-order valence-corrected chi connectivity index (χ2v) is 8.61. The van der Waals surface area contributed by atoms with Crippen LogP contribution in [0.2, 0.25) is 5.02 Å². The van der Waals surface area contributed by atoms with Crippen LogP contribution in [0.25, 0.3) is 0 Å². The van der Waals surface area contributed by atoms with Crippen molar-refractivity contribution in [1.82, 2.24) is 10.2 Å². The Bertz CT molecular complexity index is 1120. The number of benzene rings is 2. The number of piperazine rings is 1. The zero-order valence-corrected chi connectivity index (χ0v) is 20.7. The third kappa shape index (κ3) is 5.30. The number of aliphatic imine (C=N–C) groups is 1. The topological polar surface area (TPSA) is 92.7 Å². The van der Waals surface area contributed by atoms with Crippen LogP contribution in [0.15, 0.2) is 47.5 Å². The Hall–Kier alpha value is -3.46. The van der Waals surface area contributed by atoms with Crippen molar-refractivity contribution in [3.8, 4) is 11.5 Å². The van der Waals surface area contributed by atoms with Crippen molar-refractivity contribution in [2.45, 2.75) is 13.0 Å². The summed E-state index contributed by atoms with van der Waals surface area (Å²) in [7, 11) is 3.09. The summed E-state index contributed by atoms with van der Waals surface area (Å²) >= 11 is 6.15. The van der Waals surface area contributed by atoms with Crippen molar-refractivity contribution >= 4 is 35.1 Å². The lowest BCUT2D eigenvalue weighted by Crippen LogP contribution is -2.57. The number of rotatable bonds is 6. The van der Waals surface area contributed by atoms with Crippen LogP contribution >= 0.6 is 11.6 Å². The maximum Gasteiger partial charge on any atom is 0.321 e. The summed E-state index contributed by atoms with van der Waals surface area (Å²) in [6.45, 7) is 4.61. The Morgan fingerprint density at radius 2 is 1.83 bits per heavy atom. The Morgan fingerprint density at radius 1 is 1.09 bits per heavy atom. The number of carbonyl (C=O) groups is 2. The van der Waals surface area contributed by atoms with E-state index in [4.69, 9.17) is 30.8 Å². The van der Waals surface area contributed by atoms with Crippen LogP contribution in [0.1, 0.15) is 18.5 Å². The van der Waals surface area contributed by atoms with Gasteiger partial charge in [0.05, 0.1) is 20.8 Å². The molecule has 186 valence electrons. The van der Waals surface area contributed by atoms with Gasteiger partial charge in [-0.3, -0.25) is 14.9 Å². The normalized spacial score (nSPS) is 20.1. The molecule has 0 radical (unpaired) electrons. The van der Waals surface area contributed by atoms with Gasteiger partial charge in [0.2, 0.25) is 11.9 Å². The van der Waals surface area contributed by atoms with Crippen LogP contribution in [-0.2, 0) is 14.3 Å². The predicted octanol–water partition coefficient (Wildman–Crippen LogP) is 2.89. The molecule has 1 fully saturated rings. The van der Waals surface area contributed by atoms with E-state index in [-0.39, 0.29) is 6.61 Å². The zero-order chi connectivity index (χ0) is 24.9. The molecule has 1 amide bonds. The Morgan fingerprint density at radius 3 is 2.49 bits per heavy atom. The SMILES string of the molecule is CCOC(=O)[C@@H]1C(=O)NC(N2CCN(c3cccc(Cl)c3)CC2)=N[C@H]1c1ccc(OC)cc1OC. The van der Waals surface area contributed by atoms with Gasteiger partial charge in [-0.1, -0.05) is 17.7 Å². The van der Waals surface area contributed by atoms with Crippen LogP contribution in [0.4, 0.5) is 5.69 Å². The molecule has 0 bridgehead atoms. The van der Waals surface area contributed by atoms with E-state index in [1.807, 2.05) is 29.2 Å². The van der Waals surface area contributed by atoms with Crippen molar-refractivity contribution in [2.24, 2.45) is 10.9 Å². The predicted molar refractivity (Wildman–Crippen MR) is 133 cm³/mol. The highest BCUT2D eigenvalue weighted by Gasteiger charge is 2.43. The van der Waals surface area contributed by atoms with E-state index in [2.05, 4.69) is 10.2 Å². The van der Waals surface area contributed by atoms with Crippen LogP contribution < -0.4 is 19.7 Å². The standard InChI is InChI=1S/C25H29ClN4O5/c1-4-35-24(32)21-22(19-9-8-18(33-2)15-20(19)34-3)27-25(28-23(21)31)30-12-10-29(11-13-30)17-7-5-6-16(26)14-17/h5-9,14-15,21-22H,4,10-13H2,1-3H3,(H,27,28,31)/t21-,22-/m0/s1. The molecule has 35 heavy (non-hydrogen) atoms. The number of guanidine groups is 1. The lowest BCUT2D eigenvalue weighted by molar-refractivity contribution is -0.153. The summed E-state index contributed by atoms with van der Waals surface area (Å²) in [4.78, 5) is 35.0. The van der Waals surface area contributed by atoms with Crippen molar-refractivity contribution in [1.29, 1.82) is 0 Å². The number of ether oxygens (including phenoxy) is 3. The molecule has 0 saturated carbocycles. The molecular formula is C25H29ClN4O5. The van der Waals surface area contributed by atoms with Crippen molar-refractivity contribution in [3.63, 3.8) is 0 Å². The minimum absolute atomic E-state index is 0.164. The number of nitrogens with one attached hydrogen (secondary N) is 1. The second kappa shape index (κ2) is 10.9. The van der Waals surface area contributed by atoms with E-state index in [0.29, 0.717) is 41.1 Å². The Kier molecular flexibility index (Phi) is 7.65. The number of amides is 1. The fourth-order valence-corrected chi connectivity index (χ4v) is 4.54. The van der Waals surface area contributed by atoms with Crippen molar-refractivity contribution in [3.05, 3.63) is 53.1 Å². The van der Waals surface area contributed by atoms with E-state index >= 15 is 0 Å². The van der Waals surface area contributed by atoms with E-state index < -0.39 is 23.8 Å². The van der Waals surface area contributed by atoms with Gasteiger partial charge >= 0.3 is 5.97 Å². The first-order valence-electron chi connectivity index (χ1n) is 11.5. The summed E-state index contributed by atoms with van der Waals surface area (Å²) in [5.41, 5.74) is 1.66. The van der Waals surface area contributed by atoms with Crippen LogP contribution in [0.5, 0.6) is 11.5 Å². The number of carbonyl (C=O) groups excluding carboxylic acids is 2. The maximum absolute atomic E-state index is 13.2. The highest BCUT2D eigenvalue weighted by molar-refractivity contribution is 6.30. The number of methoxy groups -OCH3 is 2. The Labute approximate surface area is 209 Å². The highest BCUT2D eigenvalue weighted by Crippen LogP contribution is 2.38. The molecule has 0 aliphatic carbocycles. The number of nitrogens with zero attached hydrogens (tertiary/aromatic N) is 3. The third-order valence-corrected chi connectivity index (χ3v) is 6.38. The molecule has 2 heterocycles. The molecule has 9 nitrogen and oxygen atoms in total. The quantitative estimate of drug-likeness (QED) is 0.481. The first-order valence-corrected chi connectivity index (χ1v) is 11.9. The number of hydrogen-bond acceptors (Lipinski definition) is 8. The lowest BCUT2D eigenvalue weighted by Gasteiger charge is -2.39. The molecule has 2 aromatic carbocycles. The third-order valence-electron chi connectivity index (χ3n) is 6.15. The van der Waals surface area contributed by atoms with Gasteiger partial charge in [0.15, 0.2) is 5.92 Å². The van der Waals surface area contributed by atoms with Crippen LogP contribution in [0, 0.1) is 5.92 Å². The summed E-state index contributed by atoms with van der Waals surface area (Å²) in [5, 5.41) is 3.52. The van der Waals surface area contributed by atoms with Gasteiger partial charge < -0.3 is 24.0 Å². The highest BCUT2D eigenvalue weighted by atomic mass is 35.5. The molecule has 2 aromatic rings. The number of anilines is 1. The first kappa shape index (κ1) is 24.7. The van der Waals surface area contributed by atoms with Gasteiger partial charge in [-0.15, -0.1) is 0 Å². The largest absolute Gasteiger partial charge is 0.497 e. The maximum atomic E-state index is 13.2. The van der Waals surface area contributed by atoms with Gasteiger partial charge in [0.25, 0.3) is 0 Å². The molecule has 0 spiro atoms. The Balaban J connectivity index is 1.62. The fourth-order valence-electron chi connectivity index (χ4n) is 4.36. The molecule has 0 aromatic heterocycles. The summed E-state index contributed by atoms with van der Waals surface area (Å²) in [5.74, 6) is -0.694. The fraction of sp³-hybridized carbons (Fsp3) is 0.400. The van der Waals surface area contributed by atoms with Gasteiger partial charge in [-0.05, 0) is 37.3 Å². The van der Waals surface area contributed by atoms with E-state index in [1.165, 1.54) is 7.11 Å². The minimum atomic E-state index is -1.13. The number of esters is 1. The average molecular weight is 501 g/mol. The average Bonchev–Trinajstić information content (AvgIpc) is 2.88. The molecule has 1 saturated heterocycles. The van der Waals surface area contributed by atoms with Crippen LogP contribution in [0.3, 0.4) is 0 Å². The smallest absolute Gasteiger partial charge is 0.321 e. The molecule has 2 aliphatic rings. The molecule has 10 heteroatoms. The molecule has 1 N–H and O–H groups in total. The summed E-state index contributed by atoms with van der Waals surface area (Å²) in [6, 6.07) is 12.2. The van der Waals surface area contributed by atoms with E-state index in [9.17, 15) is 9.59 Å². The minimum Gasteiger partial charge on any atom is -0.497 e. The molecule has 2 atom stereocenters. The van der Waals surface area contributed by atoms with Gasteiger partial charge in [-0.2, -0.15) is 0 Å². The van der Waals surface area contributed by atoms with Crippen LogP contribution in [-0.4, -0.2) is 69.7 Å². The zero-order valence-electron chi connectivity index (χ0n) is 20.0. The first-order chi connectivity index (χ1) is 16.9. The van der Waals surface area contributed by atoms with E-state index in [0.717, 1.165) is 18.8 Å². The summed E-state index contributed by atoms with van der Waals surface area (Å²) < 4.78 is 16.1. The molecule has 0 unspecified atom stereocenters.